The second kappa shape index (κ2) is 8.84. The summed E-state index contributed by atoms with van der Waals surface area (Å²) in [6, 6.07) is 4.56. The van der Waals surface area contributed by atoms with Crippen LogP contribution in [-0.2, 0) is 4.79 Å². The number of carbonyl (C=O) groups is 2. The lowest BCUT2D eigenvalue weighted by atomic mass is 9.88. The lowest BCUT2D eigenvalue weighted by molar-refractivity contribution is -0.135. The molecule has 29 heavy (non-hydrogen) atoms. The Hall–Kier alpha value is -2.58. The number of nitrogens with one attached hydrogen (secondary N) is 1. The minimum atomic E-state index is -1.29. The molecule has 8 nitrogen and oxygen atoms in total. The molecular formula is C19H19Cl2N3O5. The van der Waals surface area contributed by atoms with E-state index in [1.165, 1.54) is 16.7 Å². The summed E-state index contributed by atoms with van der Waals surface area (Å²) >= 11 is 12.3. The molecule has 1 fully saturated rings. The molecule has 0 spiro atoms. The Morgan fingerprint density at radius 2 is 1.90 bits per heavy atom. The van der Waals surface area contributed by atoms with E-state index >= 15 is 0 Å². The summed E-state index contributed by atoms with van der Waals surface area (Å²) in [5.74, 6) is -2.83. The second-order valence-corrected chi connectivity index (χ2v) is 7.66. The zero-order valence-electron chi connectivity index (χ0n) is 15.3. The molecular weight excluding hydrogens is 421 g/mol. The maximum atomic E-state index is 13.2. The summed E-state index contributed by atoms with van der Waals surface area (Å²) in [5, 5.41) is 21.7. The Balaban J connectivity index is 2.20. The summed E-state index contributed by atoms with van der Waals surface area (Å²) in [7, 11) is 0. The molecule has 0 radical (unpaired) electrons. The summed E-state index contributed by atoms with van der Waals surface area (Å²) in [6.07, 6.45) is 4.54. The molecule has 0 bridgehead atoms. The first kappa shape index (κ1) is 21.1. The predicted molar refractivity (Wildman–Crippen MR) is 107 cm³/mol. The Morgan fingerprint density at radius 3 is 2.52 bits per heavy atom. The van der Waals surface area contributed by atoms with E-state index in [4.69, 9.17) is 28.3 Å². The van der Waals surface area contributed by atoms with E-state index in [9.17, 15) is 19.5 Å². The van der Waals surface area contributed by atoms with Gasteiger partial charge < -0.3 is 15.5 Å². The highest BCUT2D eigenvalue weighted by Gasteiger charge is 2.28. The van der Waals surface area contributed by atoms with Crippen LogP contribution in [0.5, 0.6) is 5.88 Å². The topological polar surface area (TPSA) is 122 Å². The summed E-state index contributed by atoms with van der Waals surface area (Å²) in [4.78, 5) is 40.5. The number of nitrogens with zero attached hydrogens (tertiary/aromatic N) is 2. The smallest absolute Gasteiger partial charge is 0.322 e. The molecule has 3 N–H and O–H groups in total. The molecule has 0 unspecified atom stereocenters. The number of rotatable bonds is 5. The first-order valence-corrected chi connectivity index (χ1v) is 9.86. The van der Waals surface area contributed by atoms with Gasteiger partial charge in [-0.25, -0.2) is 0 Å². The molecule has 2 aromatic rings. The molecule has 0 aliphatic heterocycles. The van der Waals surface area contributed by atoms with Gasteiger partial charge in [0.1, 0.15) is 12.4 Å². The molecule has 154 valence electrons. The Labute approximate surface area is 176 Å². The van der Waals surface area contributed by atoms with E-state index in [0.717, 1.165) is 32.1 Å². The zero-order chi connectivity index (χ0) is 21.1. The minimum Gasteiger partial charge on any atom is -0.493 e. The Kier molecular flexibility index (Phi) is 6.44. The van der Waals surface area contributed by atoms with Crippen LogP contribution < -0.4 is 10.9 Å². The van der Waals surface area contributed by atoms with Crippen molar-refractivity contribution in [3.63, 3.8) is 0 Å². The van der Waals surface area contributed by atoms with Gasteiger partial charge in [-0.15, -0.1) is 0 Å². The van der Waals surface area contributed by atoms with Crippen LogP contribution in [0.4, 0.5) is 0 Å². The number of carboxylic acid groups (broad SMARTS) is 1. The van der Waals surface area contributed by atoms with Gasteiger partial charge in [-0.3, -0.25) is 19.0 Å². The number of halogens is 2. The number of carbonyl (C=O) groups excluding carboxylic acids is 1. The maximum absolute atomic E-state index is 13.2. The van der Waals surface area contributed by atoms with Crippen LogP contribution in [0.3, 0.4) is 0 Å². The maximum Gasteiger partial charge on any atom is 0.322 e. The predicted octanol–water partition coefficient (Wildman–Crippen LogP) is 3.11. The number of aliphatic carboxylic acids is 1. The third kappa shape index (κ3) is 4.54. The van der Waals surface area contributed by atoms with Gasteiger partial charge in [-0.1, -0.05) is 42.5 Å². The number of benzene rings is 1. The van der Waals surface area contributed by atoms with Crippen molar-refractivity contribution in [2.24, 2.45) is 0 Å². The molecule has 1 aliphatic rings. The molecule has 1 aromatic carbocycles. The minimum absolute atomic E-state index is 0.0924. The molecule has 1 amide bonds. The van der Waals surface area contributed by atoms with Crippen molar-refractivity contribution in [2.75, 3.05) is 6.54 Å². The fourth-order valence-electron chi connectivity index (χ4n) is 3.50. The molecule has 0 atom stereocenters. The van der Waals surface area contributed by atoms with Gasteiger partial charge in [0.2, 0.25) is 5.88 Å². The monoisotopic (exact) mass is 439 g/mol. The number of hydrogen-bond acceptors (Lipinski definition) is 5. The van der Waals surface area contributed by atoms with Crippen LogP contribution >= 0.6 is 23.2 Å². The summed E-state index contributed by atoms with van der Waals surface area (Å²) in [5.41, 5.74) is -1.19. The van der Waals surface area contributed by atoms with Crippen LogP contribution in [0.2, 0.25) is 10.0 Å². The van der Waals surface area contributed by atoms with Gasteiger partial charge in [-0.2, -0.15) is 4.98 Å². The first-order chi connectivity index (χ1) is 13.8. The van der Waals surface area contributed by atoms with Gasteiger partial charge >= 0.3 is 5.97 Å². The largest absolute Gasteiger partial charge is 0.493 e. The van der Waals surface area contributed by atoms with Gasteiger partial charge in [0.05, 0.1) is 10.7 Å². The number of hydrogen-bond donors (Lipinski definition) is 3. The fourth-order valence-corrected chi connectivity index (χ4v) is 3.99. The van der Waals surface area contributed by atoms with Gasteiger partial charge in [0.25, 0.3) is 11.5 Å². The average molecular weight is 440 g/mol. The molecule has 1 aromatic heterocycles. The van der Waals surface area contributed by atoms with E-state index < -0.39 is 35.4 Å². The van der Waals surface area contributed by atoms with Crippen molar-refractivity contribution in [3.05, 3.63) is 50.0 Å². The van der Waals surface area contributed by atoms with Gasteiger partial charge in [-0.05, 0) is 31.0 Å². The van der Waals surface area contributed by atoms with Crippen molar-refractivity contribution >= 4 is 35.1 Å². The molecule has 1 saturated carbocycles. The first-order valence-electron chi connectivity index (χ1n) is 9.11. The highest BCUT2D eigenvalue weighted by molar-refractivity contribution is 6.35. The van der Waals surface area contributed by atoms with Crippen molar-refractivity contribution < 1.29 is 19.8 Å². The fraction of sp³-hybridized carbons (Fsp3) is 0.368. The van der Waals surface area contributed by atoms with Gasteiger partial charge in [0.15, 0.2) is 5.56 Å². The van der Waals surface area contributed by atoms with Crippen molar-refractivity contribution in [1.82, 2.24) is 14.9 Å². The highest BCUT2D eigenvalue weighted by atomic mass is 35.5. The van der Waals surface area contributed by atoms with E-state index in [-0.39, 0.29) is 16.6 Å². The molecule has 10 heteroatoms. The third-order valence-electron chi connectivity index (χ3n) is 4.84. The number of aromatic nitrogens is 2. The Bertz CT molecular complexity index is 1020. The molecule has 0 saturated heterocycles. The summed E-state index contributed by atoms with van der Waals surface area (Å²) in [6.45, 7) is -0.705. The number of amides is 1. The highest BCUT2D eigenvalue weighted by Crippen LogP contribution is 2.34. The summed E-state index contributed by atoms with van der Waals surface area (Å²) < 4.78 is 1.21. The third-order valence-corrected chi connectivity index (χ3v) is 5.38. The van der Waals surface area contributed by atoms with Crippen molar-refractivity contribution in [3.8, 4) is 11.6 Å². The Morgan fingerprint density at radius 1 is 1.21 bits per heavy atom. The van der Waals surface area contributed by atoms with Crippen LogP contribution in [0.25, 0.3) is 5.69 Å². The van der Waals surface area contributed by atoms with E-state index in [0.29, 0.717) is 10.8 Å². The standard InChI is InChI=1S/C19H19Cl2N3O5/c20-11-6-7-13(12(21)8-11)24-16(10-4-2-1-3-5-10)23-18(28)15(19(24)29)17(27)22-9-14(25)26/h6-8,10,28H,1-5,9H2,(H,22,27)(H,25,26). The average Bonchev–Trinajstić information content (AvgIpc) is 2.67. The van der Waals surface area contributed by atoms with Crippen LogP contribution in [-0.4, -0.2) is 38.2 Å². The van der Waals surface area contributed by atoms with Crippen LogP contribution in [0.1, 0.15) is 54.2 Å². The van der Waals surface area contributed by atoms with Crippen LogP contribution in [0.15, 0.2) is 23.0 Å². The van der Waals surface area contributed by atoms with Crippen molar-refractivity contribution in [1.29, 1.82) is 0 Å². The normalized spacial score (nSPS) is 14.6. The SMILES string of the molecule is O=C(O)CNC(=O)c1c(O)nc(C2CCCCC2)n(-c2ccc(Cl)cc2Cl)c1=O. The number of carboxylic acids is 1. The lowest BCUT2D eigenvalue weighted by Crippen LogP contribution is -2.37. The van der Waals surface area contributed by atoms with Crippen molar-refractivity contribution in [2.45, 2.75) is 38.0 Å². The van der Waals surface area contributed by atoms with E-state index in [1.807, 2.05) is 0 Å². The second-order valence-electron chi connectivity index (χ2n) is 6.82. The van der Waals surface area contributed by atoms with Crippen LogP contribution in [0, 0.1) is 0 Å². The quantitative estimate of drug-likeness (QED) is 0.657. The number of aromatic hydroxyl groups is 1. The molecule has 1 heterocycles. The molecule has 1 aliphatic carbocycles. The molecule has 3 rings (SSSR count). The lowest BCUT2D eigenvalue weighted by Gasteiger charge is -2.25. The van der Waals surface area contributed by atoms with E-state index in [1.54, 1.807) is 6.07 Å². The zero-order valence-corrected chi connectivity index (χ0v) is 16.8. The van der Waals surface area contributed by atoms with E-state index in [2.05, 4.69) is 10.3 Å². The van der Waals surface area contributed by atoms with Gasteiger partial charge in [0, 0.05) is 10.9 Å².